The minimum absolute atomic E-state index is 0.0589. The zero-order chi connectivity index (χ0) is 14.5. The van der Waals surface area contributed by atoms with Crippen LogP contribution in [-0.4, -0.2) is 22.8 Å². The highest BCUT2D eigenvalue weighted by molar-refractivity contribution is 5.50. The number of hydrogen-bond donors (Lipinski definition) is 0. The van der Waals surface area contributed by atoms with Crippen LogP contribution in [-0.2, 0) is 4.79 Å². The van der Waals surface area contributed by atoms with Crippen LogP contribution in [0.3, 0.4) is 0 Å². The van der Waals surface area contributed by atoms with Gasteiger partial charge in [-0.2, -0.15) is 0 Å². The van der Waals surface area contributed by atoms with E-state index >= 15 is 0 Å². The second-order valence-electron chi connectivity index (χ2n) is 5.17. The predicted octanol–water partition coefficient (Wildman–Crippen LogP) is 3.56. The van der Waals surface area contributed by atoms with Gasteiger partial charge < -0.3 is 9.64 Å². The first-order valence-electron chi connectivity index (χ1n) is 7.27. The number of carbonyl (C=O) groups excluding carboxylic acids is 1. The number of nitrogens with zero attached hydrogens (tertiary/aromatic N) is 2. The number of carbonyl (C=O) groups is 1. The lowest BCUT2D eigenvalue weighted by Crippen LogP contribution is -2.32. The van der Waals surface area contributed by atoms with E-state index in [2.05, 4.69) is 4.98 Å². The third-order valence-electron chi connectivity index (χ3n) is 3.80. The van der Waals surface area contributed by atoms with Gasteiger partial charge in [-0.1, -0.05) is 24.3 Å². The molecule has 3 rings (SSSR count). The summed E-state index contributed by atoms with van der Waals surface area (Å²) < 4.78 is 5.90. The fourth-order valence-corrected chi connectivity index (χ4v) is 2.76. The van der Waals surface area contributed by atoms with Crippen molar-refractivity contribution in [2.75, 3.05) is 6.54 Å². The first-order valence-corrected chi connectivity index (χ1v) is 7.27. The molecule has 0 aliphatic carbocycles. The second-order valence-corrected chi connectivity index (χ2v) is 5.17. The van der Waals surface area contributed by atoms with Gasteiger partial charge in [0.05, 0.1) is 6.04 Å². The molecule has 4 nitrogen and oxygen atoms in total. The Morgan fingerprint density at radius 1 is 1.14 bits per heavy atom. The quantitative estimate of drug-likeness (QED) is 0.805. The van der Waals surface area contributed by atoms with E-state index in [4.69, 9.17) is 4.74 Å². The summed E-state index contributed by atoms with van der Waals surface area (Å²) in [6, 6.07) is 13.5. The number of rotatable bonds is 4. The molecule has 2 heterocycles. The van der Waals surface area contributed by atoms with Crippen LogP contribution in [0, 0.1) is 0 Å². The van der Waals surface area contributed by atoms with Crippen LogP contribution < -0.4 is 4.74 Å². The molecule has 1 saturated heterocycles. The largest absolute Gasteiger partial charge is 0.439 e. The van der Waals surface area contributed by atoms with Crippen molar-refractivity contribution in [3.05, 3.63) is 54.2 Å². The molecule has 21 heavy (non-hydrogen) atoms. The lowest BCUT2D eigenvalue weighted by Gasteiger charge is -2.33. The highest BCUT2D eigenvalue weighted by Gasteiger charge is 2.26. The smallest absolute Gasteiger partial charge is 0.224 e. The van der Waals surface area contributed by atoms with E-state index in [1.807, 2.05) is 47.4 Å². The van der Waals surface area contributed by atoms with Crippen molar-refractivity contribution in [1.82, 2.24) is 9.88 Å². The minimum atomic E-state index is 0.0589. The zero-order valence-electron chi connectivity index (χ0n) is 11.8. The molecule has 1 aliphatic rings. The summed E-state index contributed by atoms with van der Waals surface area (Å²) in [6.07, 6.45) is 5.79. The minimum Gasteiger partial charge on any atom is -0.439 e. The van der Waals surface area contributed by atoms with E-state index in [1.165, 1.54) is 0 Å². The molecule has 0 N–H and O–H groups in total. The molecule has 1 amide bonds. The van der Waals surface area contributed by atoms with Gasteiger partial charge in [0.2, 0.25) is 12.3 Å². The van der Waals surface area contributed by atoms with Crippen molar-refractivity contribution in [2.24, 2.45) is 0 Å². The number of hydrogen-bond acceptors (Lipinski definition) is 3. The monoisotopic (exact) mass is 282 g/mol. The standard InChI is InChI=1S/C17H18N2O2/c20-13-19-12-5-4-10-16(19)15-9-6-11-18-17(15)21-14-7-2-1-3-8-14/h1-3,6-9,11,13,16H,4-5,10,12H2/t16-/m0/s1. The van der Waals surface area contributed by atoms with Gasteiger partial charge in [0.1, 0.15) is 5.75 Å². The Balaban J connectivity index is 1.90. The predicted molar refractivity (Wildman–Crippen MR) is 80.1 cm³/mol. The Hall–Kier alpha value is -2.36. The maximum absolute atomic E-state index is 11.3. The molecule has 1 aromatic carbocycles. The van der Waals surface area contributed by atoms with Gasteiger partial charge in [0.25, 0.3) is 0 Å². The third-order valence-corrected chi connectivity index (χ3v) is 3.80. The van der Waals surface area contributed by atoms with E-state index in [9.17, 15) is 4.79 Å². The summed E-state index contributed by atoms with van der Waals surface area (Å²) in [7, 11) is 0. The van der Waals surface area contributed by atoms with Crippen LogP contribution in [0.25, 0.3) is 0 Å². The normalized spacial score (nSPS) is 18.3. The van der Waals surface area contributed by atoms with Gasteiger partial charge in [-0.3, -0.25) is 4.79 Å². The van der Waals surface area contributed by atoms with Crippen molar-refractivity contribution in [3.63, 3.8) is 0 Å². The van der Waals surface area contributed by atoms with Crippen LogP contribution in [0.4, 0.5) is 0 Å². The number of piperidine rings is 1. The molecule has 0 bridgehead atoms. The average Bonchev–Trinajstić information content (AvgIpc) is 2.56. The number of aromatic nitrogens is 1. The molecule has 4 heteroatoms. The highest BCUT2D eigenvalue weighted by Crippen LogP contribution is 2.35. The van der Waals surface area contributed by atoms with Gasteiger partial charge in [0.15, 0.2) is 0 Å². The molecule has 0 spiro atoms. The highest BCUT2D eigenvalue weighted by atomic mass is 16.5. The fourth-order valence-electron chi connectivity index (χ4n) is 2.76. The Morgan fingerprint density at radius 3 is 2.81 bits per heavy atom. The van der Waals surface area contributed by atoms with Crippen molar-refractivity contribution in [2.45, 2.75) is 25.3 Å². The summed E-state index contributed by atoms with van der Waals surface area (Å²) >= 11 is 0. The molecule has 108 valence electrons. The Morgan fingerprint density at radius 2 is 2.00 bits per heavy atom. The lowest BCUT2D eigenvalue weighted by molar-refractivity contribution is -0.121. The number of benzene rings is 1. The van der Waals surface area contributed by atoms with Crippen molar-refractivity contribution in [1.29, 1.82) is 0 Å². The van der Waals surface area contributed by atoms with Gasteiger partial charge in [-0.05, 0) is 37.5 Å². The van der Waals surface area contributed by atoms with Crippen LogP contribution in [0.2, 0.25) is 0 Å². The molecule has 0 radical (unpaired) electrons. The van der Waals surface area contributed by atoms with Gasteiger partial charge in [0, 0.05) is 18.3 Å². The number of likely N-dealkylation sites (tertiary alicyclic amines) is 1. The topological polar surface area (TPSA) is 42.4 Å². The summed E-state index contributed by atoms with van der Waals surface area (Å²) in [5.74, 6) is 1.34. The summed E-state index contributed by atoms with van der Waals surface area (Å²) in [5, 5.41) is 0. The van der Waals surface area contributed by atoms with Gasteiger partial charge >= 0.3 is 0 Å². The van der Waals surface area contributed by atoms with E-state index in [0.29, 0.717) is 5.88 Å². The Kier molecular flexibility index (Phi) is 4.15. The molecule has 1 aliphatic heterocycles. The molecule has 1 fully saturated rings. The number of amides is 1. The maximum Gasteiger partial charge on any atom is 0.224 e. The molecule has 1 atom stereocenters. The lowest BCUT2D eigenvalue weighted by atomic mass is 9.96. The molecular weight excluding hydrogens is 264 g/mol. The van der Waals surface area contributed by atoms with E-state index < -0.39 is 0 Å². The van der Waals surface area contributed by atoms with Gasteiger partial charge in [-0.25, -0.2) is 4.98 Å². The van der Waals surface area contributed by atoms with Crippen LogP contribution in [0.1, 0.15) is 30.9 Å². The van der Waals surface area contributed by atoms with Crippen LogP contribution >= 0.6 is 0 Å². The number of para-hydroxylation sites is 1. The fraction of sp³-hybridized carbons (Fsp3) is 0.294. The molecular formula is C17H18N2O2. The van der Waals surface area contributed by atoms with Crippen molar-refractivity contribution in [3.8, 4) is 11.6 Å². The maximum atomic E-state index is 11.3. The SMILES string of the molecule is O=CN1CCCC[C@H]1c1cccnc1Oc1ccccc1. The van der Waals surface area contributed by atoms with E-state index in [1.54, 1.807) is 6.20 Å². The third kappa shape index (κ3) is 3.05. The van der Waals surface area contributed by atoms with Crippen molar-refractivity contribution < 1.29 is 9.53 Å². The summed E-state index contributed by atoms with van der Waals surface area (Å²) in [5.41, 5.74) is 0.980. The average molecular weight is 282 g/mol. The first-order chi connectivity index (χ1) is 10.4. The zero-order valence-corrected chi connectivity index (χ0v) is 11.8. The van der Waals surface area contributed by atoms with E-state index in [-0.39, 0.29) is 6.04 Å². The first kappa shape index (κ1) is 13.6. The number of pyridine rings is 1. The molecule has 2 aromatic rings. The van der Waals surface area contributed by atoms with Crippen LogP contribution in [0.15, 0.2) is 48.7 Å². The molecule has 0 unspecified atom stereocenters. The van der Waals surface area contributed by atoms with Crippen LogP contribution in [0.5, 0.6) is 11.6 Å². The summed E-state index contributed by atoms with van der Waals surface area (Å²) in [6.45, 7) is 0.799. The summed E-state index contributed by atoms with van der Waals surface area (Å²) in [4.78, 5) is 17.5. The van der Waals surface area contributed by atoms with E-state index in [0.717, 1.165) is 43.5 Å². The Bertz CT molecular complexity index is 601. The number of ether oxygens (including phenoxy) is 1. The van der Waals surface area contributed by atoms with Crippen molar-refractivity contribution >= 4 is 6.41 Å². The second kappa shape index (κ2) is 6.39. The molecule has 0 saturated carbocycles. The molecule has 1 aromatic heterocycles. The Labute approximate surface area is 124 Å². The van der Waals surface area contributed by atoms with Gasteiger partial charge in [-0.15, -0.1) is 0 Å².